The van der Waals surface area contributed by atoms with Crippen molar-refractivity contribution in [3.8, 4) is 0 Å². The van der Waals surface area contributed by atoms with Gasteiger partial charge in [-0.25, -0.2) is 0 Å². The monoisotopic (exact) mass is 291 g/mol. The summed E-state index contributed by atoms with van der Waals surface area (Å²) in [5.41, 5.74) is 1.88. The van der Waals surface area contributed by atoms with Gasteiger partial charge in [-0.3, -0.25) is 9.20 Å². The molecule has 1 aromatic rings. The topological polar surface area (TPSA) is 38.7 Å². The predicted octanol–water partition coefficient (Wildman–Crippen LogP) is 3.23. The SMILES string of the molecule is Cc1ccc([S@](=O)CC2=NC3(CCCCC3)OC2)cc1. The molecule has 1 aliphatic carbocycles. The lowest BCUT2D eigenvalue weighted by Gasteiger charge is -2.29. The Kier molecular flexibility index (Phi) is 4.03. The molecule has 3 nitrogen and oxygen atoms in total. The molecule has 1 aromatic carbocycles. The van der Waals surface area contributed by atoms with Gasteiger partial charge in [0.1, 0.15) is 0 Å². The maximum absolute atomic E-state index is 12.4. The molecule has 1 saturated carbocycles. The Morgan fingerprint density at radius 3 is 2.60 bits per heavy atom. The molecular formula is C16H21NO2S. The normalized spacial score (nSPS) is 22.8. The Morgan fingerprint density at radius 1 is 1.20 bits per heavy atom. The van der Waals surface area contributed by atoms with E-state index in [1.54, 1.807) is 0 Å². The number of benzene rings is 1. The first-order valence-electron chi connectivity index (χ1n) is 7.34. The number of aryl methyl sites for hydroxylation is 1. The third-order valence-electron chi connectivity index (χ3n) is 4.09. The molecule has 1 atom stereocenters. The van der Waals surface area contributed by atoms with E-state index in [2.05, 4.69) is 0 Å². The minimum absolute atomic E-state index is 0.273. The van der Waals surface area contributed by atoms with Gasteiger partial charge in [0.05, 0.1) is 28.9 Å². The Hall–Kier alpha value is -1.00. The molecule has 0 aromatic heterocycles. The zero-order valence-corrected chi connectivity index (χ0v) is 12.7. The highest BCUT2D eigenvalue weighted by Crippen LogP contribution is 2.35. The summed E-state index contributed by atoms with van der Waals surface area (Å²) in [6, 6.07) is 7.89. The van der Waals surface area contributed by atoms with E-state index in [4.69, 9.17) is 9.73 Å². The Bertz CT molecular complexity index is 530. The summed E-state index contributed by atoms with van der Waals surface area (Å²) >= 11 is 0. The van der Waals surface area contributed by atoms with Gasteiger partial charge in [-0.2, -0.15) is 0 Å². The van der Waals surface area contributed by atoms with Gasteiger partial charge in [-0.15, -0.1) is 0 Å². The van der Waals surface area contributed by atoms with E-state index < -0.39 is 10.8 Å². The molecule has 1 aliphatic heterocycles. The molecule has 0 bridgehead atoms. The fourth-order valence-electron chi connectivity index (χ4n) is 2.93. The molecule has 0 N–H and O–H groups in total. The molecular weight excluding hydrogens is 270 g/mol. The van der Waals surface area contributed by atoms with E-state index in [0.717, 1.165) is 23.4 Å². The molecule has 1 fully saturated rings. The molecule has 2 aliphatic rings. The summed E-state index contributed by atoms with van der Waals surface area (Å²) in [4.78, 5) is 5.64. The Morgan fingerprint density at radius 2 is 1.90 bits per heavy atom. The number of ether oxygens (including phenoxy) is 1. The fourth-order valence-corrected chi connectivity index (χ4v) is 3.99. The van der Waals surface area contributed by atoms with Gasteiger partial charge < -0.3 is 4.74 Å². The highest BCUT2D eigenvalue weighted by molar-refractivity contribution is 7.85. The van der Waals surface area contributed by atoms with Crippen LogP contribution in [0.25, 0.3) is 0 Å². The molecule has 3 rings (SSSR count). The molecule has 0 unspecified atom stereocenters. The predicted molar refractivity (Wildman–Crippen MR) is 81.7 cm³/mol. The van der Waals surface area contributed by atoms with E-state index >= 15 is 0 Å². The number of nitrogens with zero attached hydrogens (tertiary/aromatic N) is 1. The van der Waals surface area contributed by atoms with Crippen molar-refractivity contribution in [1.82, 2.24) is 0 Å². The summed E-state index contributed by atoms with van der Waals surface area (Å²) in [6.07, 6.45) is 5.71. The van der Waals surface area contributed by atoms with Crippen molar-refractivity contribution in [2.45, 2.75) is 49.6 Å². The highest BCUT2D eigenvalue weighted by atomic mass is 32.2. The highest BCUT2D eigenvalue weighted by Gasteiger charge is 2.37. The summed E-state index contributed by atoms with van der Waals surface area (Å²) in [7, 11) is -1.01. The number of aliphatic imine (C=N–C) groups is 1. The quantitative estimate of drug-likeness (QED) is 0.857. The van der Waals surface area contributed by atoms with Crippen molar-refractivity contribution in [2.24, 2.45) is 4.99 Å². The lowest BCUT2D eigenvalue weighted by Crippen LogP contribution is -2.29. The standard InChI is InChI=1S/C16H21NO2S/c1-13-5-7-15(8-6-13)20(18)12-14-11-19-16(17-14)9-3-2-4-10-16/h5-8H,2-4,9-12H2,1H3/t20-/m1/s1. The Balaban J connectivity index is 1.67. The van der Waals surface area contributed by atoms with Crippen LogP contribution in [0.1, 0.15) is 37.7 Å². The molecule has 0 amide bonds. The minimum Gasteiger partial charge on any atom is -0.348 e. The number of rotatable bonds is 3. The fraction of sp³-hybridized carbons (Fsp3) is 0.562. The van der Waals surface area contributed by atoms with Crippen LogP contribution in [0.2, 0.25) is 0 Å². The second-order valence-corrected chi connectivity index (χ2v) is 7.23. The average Bonchev–Trinajstić information content (AvgIpc) is 2.83. The van der Waals surface area contributed by atoms with E-state index in [1.807, 2.05) is 31.2 Å². The van der Waals surface area contributed by atoms with Gasteiger partial charge in [0.25, 0.3) is 0 Å². The van der Waals surface area contributed by atoms with Gasteiger partial charge in [-0.1, -0.05) is 24.1 Å². The van der Waals surface area contributed by atoms with Gasteiger partial charge in [0.2, 0.25) is 0 Å². The maximum atomic E-state index is 12.4. The first-order valence-corrected chi connectivity index (χ1v) is 8.65. The molecule has 0 radical (unpaired) electrons. The third kappa shape index (κ3) is 3.01. The van der Waals surface area contributed by atoms with Gasteiger partial charge >= 0.3 is 0 Å². The summed E-state index contributed by atoms with van der Waals surface area (Å²) < 4.78 is 18.3. The second-order valence-electron chi connectivity index (χ2n) is 5.78. The van der Waals surface area contributed by atoms with Gasteiger partial charge in [0, 0.05) is 4.90 Å². The minimum atomic E-state index is -1.01. The van der Waals surface area contributed by atoms with E-state index in [9.17, 15) is 4.21 Å². The van der Waals surface area contributed by atoms with Crippen molar-refractivity contribution >= 4 is 16.5 Å². The lowest BCUT2D eigenvalue weighted by molar-refractivity contribution is -0.0285. The van der Waals surface area contributed by atoms with Crippen molar-refractivity contribution in [2.75, 3.05) is 12.4 Å². The van der Waals surface area contributed by atoms with Crippen LogP contribution in [0.5, 0.6) is 0 Å². The summed E-state index contributed by atoms with van der Waals surface area (Å²) in [5.74, 6) is 0.505. The lowest BCUT2D eigenvalue weighted by atomic mass is 9.92. The zero-order valence-electron chi connectivity index (χ0n) is 11.9. The van der Waals surface area contributed by atoms with Crippen molar-refractivity contribution in [3.05, 3.63) is 29.8 Å². The third-order valence-corrected chi connectivity index (χ3v) is 5.48. The van der Waals surface area contributed by atoms with Crippen LogP contribution in [0.15, 0.2) is 34.2 Å². The van der Waals surface area contributed by atoms with Crippen molar-refractivity contribution < 1.29 is 8.95 Å². The molecule has 1 heterocycles. The zero-order chi connectivity index (χ0) is 14.0. The van der Waals surface area contributed by atoms with E-state index in [0.29, 0.717) is 12.4 Å². The molecule has 20 heavy (non-hydrogen) atoms. The Labute approximate surface area is 122 Å². The van der Waals surface area contributed by atoms with Crippen LogP contribution in [0.3, 0.4) is 0 Å². The summed E-state index contributed by atoms with van der Waals surface area (Å²) in [5, 5.41) is 0. The van der Waals surface area contributed by atoms with Crippen LogP contribution in [-0.4, -0.2) is 28.0 Å². The smallest absolute Gasteiger partial charge is 0.159 e. The van der Waals surface area contributed by atoms with Crippen LogP contribution in [-0.2, 0) is 15.5 Å². The molecule has 1 spiro atoms. The van der Waals surface area contributed by atoms with Crippen molar-refractivity contribution in [3.63, 3.8) is 0 Å². The van der Waals surface area contributed by atoms with E-state index in [-0.39, 0.29) is 5.72 Å². The average molecular weight is 291 g/mol. The van der Waals surface area contributed by atoms with Gasteiger partial charge in [0.15, 0.2) is 5.72 Å². The van der Waals surface area contributed by atoms with Crippen LogP contribution < -0.4 is 0 Å². The molecule has 4 heteroatoms. The molecule has 0 saturated heterocycles. The van der Waals surface area contributed by atoms with E-state index in [1.165, 1.54) is 24.8 Å². The number of hydrogen-bond acceptors (Lipinski definition) is 3. The first-order chi connectivity index (χ1) is 9.67. The van der Waals surface area contributed by atoms with Crippen LogP contribution >= 0.6 is 0 Å². The first kappa shape index (κ1) is 14.0. The van der Waals surface area contributed by atoms with Crippen LogP contribution in [0, 0.1) is 6.92 Å². The summed E-state index contributed by atoms with van der Waals surface area (Å²) in [6.45, 7) is 2.59. The van der Waals surface area contributed by atoms with Crippen LogP contribution in [0.4, 0.5) is 0 Å². The maximum Gasteiger partial charge on any atom is 0.159 e. The van der Waals surface area contributed by atoms with Gasteiger partial charge in [-0.05, 0) is 44.7 Å². The second kappa shape index (κ2) is 5.78. The largest absolute Gasteiger partial charge is 0.348 e. The van der Waals surface area contributed by atoms with Crippen molar-refractivity contribution in [1.29, 1.82) is 0 Å². The number of hydrogen-bond donors (Lipinski definition) is 0. The molecule has 108 valence electrons.